The second kappa shape index (κ2) is 6.52. The monoisotopic (exact) mass is 333 g/mol. The van der Waals surface area contributed by atoms with Crippen LogP contribution in [0.4, 0.5) is 4.39 Å². The van der Waals surface area contributed by atoms with Crippen molar-refractivity contribution in [1.29, 1.82) is 0 Å². The number of halogens is 2. The van der Waals surface area contributed by atoms with Gasteiger partial charge in [-0.15, -0.1) is 11.3 Å². The molecule has 112 valence electrons. The lowest BCUT2D eigenvalue weighted by Crippen LogP contribution is -2.12. The van der Waals surface area contributed by atoms with Crippen molar-refractivity contribution in [3.05, 3.63) is 70.2 Å². The molecule has 0 fully saturated rings. The third-order valence-electron chi connectivity index (χ3n) is 3.38. The molecule has 3 aromatic rings. The Morgan fingerprint density at radius 1 is 1.23 bits per heavy atom. The summed E-state index contributed by atoms with van der Waals surface area (Å²) in [7, 11) is 0. The molecule has 22 heavy (non-hydrogen) atoms. The van der Waals surface area contributed by atoms with Crippen LogP contribution >= 0.6 is 22.9 Å². The van der Waals surface area contributed by atoms with Crippen LogP contribution in [0, 0.1) is 5.82 Å². The first kappa shape index (κ1) is 15.1. The van der Waals surface area contributed by atoms with E-state index in [0.29, 0.717) is 6.54 Å². The summed E-state index contributed by atoms with van der Waals surface area (Å²) in [5.41, 5.74) is 7.82. The van der Waals surface area contributed by atoms with Gasteiger partial charge in [0.15, 0.2) is 0 Å². The molecule has 6 heteroatoms. The van der Waals surface area contributed by atoms with Crippen LogP contribution in [0.2, 0.25) is 5.02 Å². The van der Waals surface area contributed by atoms with Crippen molar-refractivity contribution < 1.29 is 4.39 Å². The molecule has 0 saturated heterocycles. The Hall–Kier alpha value is -1.82. The lowest BCUT2D eigenvalue weighted by Gasteiger charge is -2.12. The summed E-state index contributed by atoms with van der Waals surface area (Å²) in [4.78, 5) is 9.50. The molecule has 3 rings (SSSR count). The third-order valence-corrected chi connectivity index (χ3v) is 4.83. The van der Waals surface area contributed by atoms with Gasteiger partial charge in [0.1, 0.15) is 10.8 Å². The molecule has 0 aliphatic rings. The number of rotatable bonds is 4. The summed E-state index contributed by atoms with van der Waals surface area (Å²) in [5, 5.41) is 0.892. The fourth-order valence-electron chi connectivity index (χ4n) is 2.22. The van der Waals surface area contributed by atoms with E-state index in [0.717, 1.165) is 21.0 Å². The molecule has 0 saturated carbocycles. The van der Waals surface area contributed by atoms with Gasteiger partial charge in [-0.25, -0.2) is 9.37 Å². The topological polar surface area (TPSA) is 51.8 Å². The first-order valence-electron chi connectivity index (χ1n) is 6.70. The van der Waals surface area contributed by atoms with Crippen LogP contribution in [0.3, 0.4) is 0 Å². The van der Waals surface area contributed by atoms with Gasteiger partial charge in [0.25, 0.3) is 0 Å². The average Bonchev–Trinajstić information content (AvgIpc) is 3.01. The van der Waals surface area contributed by atoms with Gasteiger partial charge in [-0.3, -0.25) is 4.98 Å². The highest BCUT2D eigenvalue weighted by Gasteiger charge is 2.16. The van der Waals surface area contributed by atoms with Gasteiger partial charge < -0.3 is 5.73 Å². The molecular weight excluding hydrogens is 321 g/mol. The predicted molar refractivity (Wildman–Crippen MR) is 87.7 cm³/mol. The lowest BCUT2D eigenvalue weighted by molar-refractivity contribution is 0.628. The first-order valence-corrected chi connectivity index (χ1v) is 7.89. The van der Waals surface area contributed by atoms with Crippen LogP contribution in [-0.4, -0.2) is 16.5 Å². The molecule has 1 unspecified atom stereocenters. The zero-order valence-corrected chi connectivity index (χ0v) is 13.1. The summed E-state index contributed by atoms with van der Waals surface area (Å²) >= 11 is 7.37. The molecule has 0 aliphatic carbocycles. The molecule has 0 spiro atoms. The van der Waals surface area contributed by atoms with Crippen molar-refractivity contribution in [2.75, 3.05) is 6.54 Å². The first-order chi connectivity index (χ1) is 10.7. The largest absolute Gasteiger partial charge is 0.329 e. The highest BCUT2D eigenvalue weighted by atomic mass is 35.5. The normalized spacial score (nSPS) is 12.3. The Morgan fingerprint density at radius 3 is 2.68 bits per heavy atom. The molecule has 0 aliphatic heterocycles. The molecule has 1 atom stereocenters. The number of nitrogens with zero attached hydrogens (tertiary/aromatic N) is 2. The van der Waals surface area contributed by atoms with E-state index >= 15 is 0 Å². The molecule has 0 bridgehead atoms. The number of aromatic nitrogens is 2. The Balaban J connectivity index is 1.94. The number of pyridine rings is 1. The second-order valence-electron chi connectivity index (χ2n) is 4.77. The number of benzene rings is 1. The van der Waals surface area contributed by atoms with Crippen molar-refractivity contribution in [3.8, 4) is 10.6 Å². The van der Waals surface area contributed by atoms with E-state index in [1.807, 2.05) is 18.3 Å². The highest BCUT2D eigenvalue weighted by molar-refractivity contribution is 7.15. The number of hydrogen-bond acceptors (Lipinski definition) is 4. The van der Waals surface area contributed by atoms with Gasteiger partial charge in [-0.1, -0.05) is 11.6 Å². The summed E-state index contributed by atoms with van der Waals surface area (Å²) in [6.45, 7) is 0.482. The summed E-state index contributed by atoms with van der Waals surface area (Å²) < 4.78 is 13.3. The fraction of sp³-hybridized carbons (Fsp3) is 0.125. The van der Waals surface area contributed by atoms with Gasteiger partial charge in [-0.05, 0) is 35.9 Å². The number of nitrogens with two attached hydrogens (primary N) is 1. The number of hydrogen-bond donors (Lipinski definition) is 1. The predicted octanol–water partition coefficient (Wildman–Crippen LogP) is 4.09. The molecule has 3 nitrogen and oxygen atoms in total. The van der Waals surface area contributed by atoms with Crippen molar-refractivity contribution in [2.45, 2.75) is 5.92 Å². The van der Waals surface area contributed by atoms with E-state index in [4.69, 9.17) is 17.3 Å². The van der Waals surface area contributed by atoms with Crippen molar-refractivity contribution in [3.63, 3.8) is 0 Å². The molecule has 2 heterocycles. The quantitative estimate of drug-likeness (QED) is 0.782. The number of thiazole rings is 1. The second-order valence-corrected chi connectivity index (χ2v) is 6.23. The van der Waals surface area contributed by atoms with Crippen LogP contribution in [0.15, 0.2) is 48.9 Å². The molecular formula is C16H13ClFN3S. The van der Waals surface area contributed by atoms with Crippen LogP contribution < -0.4 is 5.73 Å². The third kappa shape index (κ3) is 3.02. The maximum Gasteiger partial charge on any atom is 0.141 e. The Bertz CT molecular complexity index is 776. The van der Waals surface area contributed by atoms with Gasteiger partial charge >= 0.3 is 0 Å². The zero-order valence-electron chi connectivity index (χ0n) is 11.5. The molecule has 0 amide bonds. The van der Waals surface area contributed by atoms with Gasteiger partial charge in [0.05, 0.1) is 5.02 Å². The lowest BCUT2D eigenvalue weighted by atomic mass is 9.99. The zero-order chi connectivity index (χ0) is 15.5. The average molecular weight is 334 g/mol. The van der Waals surface area contributed by atoms with Crippen LogP contribution in [0.1, 0.15) is 16.4 Å². The Labute approximate surface area is 136 Å². The van der Waals surface area contributed by atoms with E-state index in [1.54, 1.807) is 24.5 Å². The maximum atomic E-state index is 13.3. The van der Waals surface area contributed by atoms with E-state index in [2.05, 4.69) is 9.97 Å². The van der Waals surface area contributed by atoms with Crippen molar-refractivity contribution >= 4 is 22.9 Å². The smallest absolute Gasteiger partial charge is 0.141 e. The van der Waals surface area contributed by atoms with Gasteiger partial charge in [0.2, 0.25) is 0 Å². The Kier molecular flexibility index (Phi) is 4.47. The minimum absolute atomic E-state index is 0.0742. The highest BCUT2D eigenvalue weighted by Crippen LogP contribution is 2.33. The van der Waals surface area contributed by atoms with E-state index in [-0.39, 0.29) is 10.9 Å². The summed E-state index contributed by atoms with van der Waals surface area (Å²) in [5.74, 6) is -0.357. The van der Waals surface area contributed by atoms with E-state index < -0.39 is 5.82 Å². The molecule has 0 radical (unpaired) electrons. The molecule has 2 N–H and O–H groups in total. The van der Waals surface area contributed by atoms with Crippen LogP contribution in [0.5, 0.6) is 0 Å². The summed E-state index contributed by atoms with van der Waals surface area (Å²) in [6, 6.07) is 8.51. The fourth-order valence-corrected chi connectivity index (χ4v) is 3.46. The van der Waals surface area contributed by atoms with Crippen LogP contribution in [0.25, 0.3) is 10.6 Å². The summed E-state index contributed by atoms with van der Waals surface area (Å²) in [6.07, 6.45) is 5.31. The van der Waals surface area contributed by atoms with E-state index in [9.17, 15) is 4.39 Å². The van der Waals surface area contributed by atoms with Crippen molar-refractivity contribution in [1.82, 2.24) is 9.97 Å². The SMILES string of the molecule is NCC(c1ccncc1)c1cnc(-c2ccc(F)c(Cl)c2)s1. The van der Waals surface area contributed by atoms with Gasteiger partial charge in [0, 0.05) is 41.5 Å². The van der Waals surface area contributed by atoms with Crippen LogP contribution in [-0.2, 0) is 0 Å². The minimum atomic E-state index is -0.432. The maximum absolute atomic E-state index is 13.3. The Morgan fingerprint density at radius 2 is 2.00 bits per heavy atom. The molecule has 1 aromatic carbocycles. The minimum Gasteiger partial charge on any atom is -0.329 e. The van der Waals surface area contributed by atoms with E-state index in [1.165, 1.54) is 17.4 Å². The standard InChI is InChI=1S/C16H13ClFN3S/c17-13-7-11(1-2-14(13)18)16-21-9-15(22-16)12(8-19)10-3-5-20-6-4-10/h1-7,9,12H,8,19H2. The van der Waals surface area contributed by atoms with Gasteiger partial charge in [-0.2, -0.15) is 0 Å². The van der Waals surface area contributed by atoms with Crippen molar-refractivity contribution in [2.24, 2.45) is 5.73 Å². The molecule has 2 aromatic heterocycles.